The first-order valence-corrected chi connectivity index (χ1v) is 6.62. The largest absolute Gasteiger partial charge is 0.357 e. The van der Waals surface area contributed by atoms with Crippen LogP contribution in [0.3, 0.4) is 0 Å². The Bertz CT molecular complexity index is 513. The summed E-state index contributed by atoms with van der Waals surface area (Å²) in [5.41, 5.74) is 3.62. The summed E-state index contributed by atoms with van der Waals surface area (Å²) in [5, 5.41) is 8.84. The molecule has 17 heavy (non-hydrogen) atoms. The van der Waals surface area contributed by atoms with E-state index in [1.54, 1.807) is 11.3 Å². The third kappa shape index (κ3) is 2.49. The van der Waals surface area contributed by atoms with Crippen molar-refractivity contribution in [1.29, 1.82) is 0 Å². The van der Waals surface area contributed by atoms with Gasteiger partial charge in [-0.25, -0.2) is 4.98 Å². The van der Waals surface area contributed by atoms with E-state index in [9.17, 15) is 0 Å². The van der Waals surface area contributed by atoms with Gasteiger partial charge in [0.05, 0.1) is 5.69 Å². The Hall–Kier alpha value is -1.36. The lowest BCUT2D eigenvalue weighted by molar-refractivity contribution is 0.633. The van der Waals surface area contributed by atoms with Gasteiger partial charge in [0.25, 0.3) is 0 Å². The molecule has 2 heterocycles. The molecule has 0 aromatic carbocycles. The van der Waals surface area contributed by atoms with Gasteiger partial charge in [0.1, 0.15) is 0 Å². The van der Waals surface area contributed by atoms with Crippen LogP contribution in [0.1, 0.15) is 28.8 Å². The summed E-state index contributed by atoms with van der Waals surface area (Å²) in [4.78, 5) is 5.52. The number of nitrogens with one attached hydrogen (secondary N) is 1. The Morgan fingerprint density at radius 1 is 1.35 bits per heavy atom. The van der Waals surface area contributed by atoms with E-state index in [1.165, 1.54) is 16.1 Å². The molecule has 0 amide bonds. The lowest BCUT2D eigenvalue weighted by Crippen LogP contribution is -2.03. The molecule has 2 rings (SSSR count). The highest BCUT2D eigenvalue weighted by atomic mass is 32.1. The third-order valence-electron chi connectivity index (χ3n) is 2.87. The Balaban J connectivity index is 2.11. The van der Waals surface area contributed by atoms with Gasteiger partial charge in [-0.2, -0.15) is 5.10 Å². The summed E-state index contributed by atoms with van der Waals surface area (Å²) in [7, 11) is 0. The first-order valence-electron chi connectivity index (χ1n) is 5.81. The minimum atomic E-state index is 0.796. The van der Waals surface area contributed by atoms with E-state index >= 15 is 0 Å². The van der Waals surface area contributed by atoms with Crippen LogP contribution >= 0.6 is 11.3 Å². The summed E-state index contributed by atoms with van der Waals surface area (Å²) in [6.45, 7) is 10.1. The smallest absolute Gasteiger partial charge is 0.183 e. The number of hydrogen-bond acceptors (Lipinski definition) is 4. The maximum absolute atomic E-state index is 4.51. The van der Waals surface area contributed by atoms with Crippen LogP contribution in [0.25, 0.3) is 0 Å². The molecule has 0 radical (unpaired) electrons. The number of thiazole rings is 1. The van der Waals surface area contributed by atoms with Gasteiger partial charge >= 0.3 is 0 Å². The zero-order chi connectivity index (χ0) is 12.4. The molecule has 0 spiro atoms. The fraction of sp³-hybridized carbons (Fsp3) is 0.500. The van der Waals surface area contributed by atoms with Gasteiger partial charge in [-0.15, -0.1) is 11.3 Å². The average Bonchev–Trinajstić information content (AvgIpc) is 2.82. The summed E-state index contributed by atoms with van der Waals surface area (Å²) in [6.07, 6.45) is 1.89. The van der Waals surface area contributed by atoms with E-state index in [4.69, 9.17) is 0 Å². The molecule has 5 heteroatoms. The van der Waals surface area contributed by atoms with Crippen LogP contribution in [0.15, 0.2) is 6.20 Å². The van der Waals surface area contributed by atoms with Crippen molar-refractivity contribution >= 4 is 16.5 Å². The topological polar surface area (TPSA) is 42.7 Å². The molecule has 0 aliphatic rings. The van der Waals surface area contributed by atoms with Gasteiger partial charge < -0.3 is 5.32 Å². The van der Waals surface area contributed by atoms with Crippen molar-refractivity contribution in [2.75, 3.05) is 5.32 Å². The Morgan fingerprint density at radius 3 is 2.65 bits per heavy atom. The second-order valence-electron chi connectivity index (χ2n) is 4.09. The van der Waals surface area contributed by atoms with Crippen LogP contribution in [0, 0.1) is 20.8 Å². The van der Waals surface area contributed by atoms with Crippen LogP contribution in [-0.2, 0) is 13.1 Å². The van der Waals surface area contributed by atoms with Gasteiger partial charge in [-0.3, -0.25) is 4.68 Å². The SMILES string of the molecule is CCn1nc(C)c(CNc2ncc(C)s2)c1C. The Morgan fingerprint density at radius 2 is 2.12 bits per heavy atom. The normalized spacial score (nSPS) is 10.8. The number of anilines is 1. The molecule has 0 saturated heterocycles. The maximum Gasteiger partial charge on any atom is 0.183 e. The van der Waals surface area contributed by atoms with Crippen molar-refractivity contribution in [3.8, 4) is 0 Å². The third-order valence-corrected chi connectivity index (χ3v) is 3.74. The molecule has 0 aliphatic heterocycles. The number of rotatable bonds is 4. The second kappa shape index (κ2) is 4.87. The van der Waals surface area contributed by atoms with Crippen molar-refractivity contribution in [2.24, 2.45) is 0 Å². The Kier molecular flexibility index (Phi) is 3.47. The van der Waals surface area contributed by atoms with Crippen molar-refractivity contribution in [1.82, 2.24) is 14.8 Å². The molecule has 0 unspecified atom stereocenters. The molecule has 0 fully saturated rings. The monoisotopic (exact) mass is 250 g/mol. The lowest BCUT2D eigenvalue weighted by atomic mass is 10.2. The summed E-state index contributed by atoms with van der Waals surface area (Å²) in [6, 6.07) is 0. The molecule has 0 aliphatic carbocycles. The lowest BCUT2D eigenvalue weighted by Gasteiger charge is -2.04. The van der Waals surface area contributed by atoms with E-state index in [2.05, 4.69) is 43.1 Å². The van der Waals surface area contributed by atoms with Crippen molar-refractivity contribution in [3.63, 3.8) is 0 Å². The first-order chi connectivity index (χ1) is 8.11. The summed E-state index contributed by atoms with van der Waals surface area (Å²) < 4.78 is 2.04. The molecular formula is C12H18N4S. The minimum absolute atomic E-state index is 0.796. The molecular weight excluding hydrogens is 232 g/mol. The van der Waals surface area contributed by atoms with Crippen LogP contribution in [-0.4, -0.2) is 14.8 Å². The molecule has 4 nitrogen and oxygen atoms in total. The van der Waals surface area contributed by atoms with E-state index in [-0.39, 0.29) is 0 Å². The van der Waals surface area contributed by atoms with Gasteiger partial charge in [0.2, 0.25) is 0 Å². The molecule has 0 saturated carbocycles. The highest BCUT2D eigenvalue weighted by Gasteiger charge is 2.10. The molecule has 92 valence electrons. The van der Waals surface area contributed by atoms with Crippen molar-refractivity contribution in [2.45, 2.75) is 40.8 Å². The number of nitrogens with zero attached hydrogens (tertiary/aromatic N) is 3. The van der Waals surface area contributed by atoms with E-state index in [1.807, 2.05) is 10.9 Å². The zero-order valence-electron chi connectivity index (χ0n) is 10.7. The van der Waals surface area contributed by atoms with Gasteiger partial charge in [-0.1, -0.05) is 0 Å². The van der Waals surface area contributed by atoms with Crippen LogP contribution < -0.4 is 5.32 Å². The standard InChI is InChI=1S/C12H18N4S/c1-5-16-10(4)11(9(3)15-16)7-14-12-13-6-8(2)17-12/h6H,5,7H2,1-4H3,(H,13,14). The quantitative estimate of drug-likeness (QED) is 0.907. The fourth-order valence-corrected chi connectivity index (χ4v) is 2.56. The molecule has 1 N–H and O–H groups in total. The second-order valence-corrected chi connectivity index (χ2v) is 5.33. The Labute approximate surface area is 106 Å². The predicted molar refractivity (Wildman–Crippen MR) is 71.6 cm³/mol. The minimum Gasteiger partial charge on any atom is -0.357 e. The van der Waals surface area contributed by atoms with Crippen LogP contribution in [0.5, 0.6) is 0 Å². The molecule has 2 aromatic heterocycles. The van der Waals surface area contributed by atoms with Gasteiger partial charge in [0, 0.05) is 35.4 Å². The molecule has 0 bridgehead atoms. The maximum atomic E-state index is 4.51. The predicted octanol–water partition coefficient (Wildman–Crippen LogP) is 2.90. The van der Waals surface area contributed by atoms with E-state index < -0.39 is 0 Å². The van der Waals surface area contributed by atoms with E-state index in [0.717, 1.165) is 23.9 Å². The molecule has 2 aromatic rings. The van der Waals surface area contributed by atoms with Crippen LogP contribution in [0.2, 0.25) is 0 Å². The molecule has 0 atom stereocenters. The number of hydrogen-bond donors (Lipinski definition) is 1. The number of aryl methyl sites for hydroxylation is 3. The first kappa shape index (κ1) is 12.1. The zero-order valence-corrected chi connectivity index (χ0v) is 11.6. The van der Waals surface area contributed by atoms with Crippen LogP contribution in [0.4, 0.5) is 5.13 Å². The van der Waals surface area contributed by atoms with Crippen molar-refractivity contribution in [3.05, 3.63) is 28.0 Å². The number of aromatic nitrogens is 3. The highest BCUT2D eigenvalue weighted by molar-refractivity contribution is 7.15. The van der Waals surface area contributed by atoms with Gasteiger partial charge in [-0.05, 0) is 27.7 Å². The van der Waals surface area contributed by atoms with Crippen molar-refractivity contribution < 1.29 is 0 Å². The van der Waals surface area contributed by atoms with E-state index in [0.29, 0.717) is 0 Å². The summed E-state index contributed by atoms with van der Waals surface area (Å²) >= 11 is 1.68. The highest BCUT2D eigenvalue weighted by Crippen LogP contribution is 2.19. The fourth-order valence-electron chi connectivity index (χ4n) is 1.90. The van der Waals surface area contributed by atoms with Gasteiger partial charge in [0.15, 0.2) is 5.13 Å². The average molecular weight is 250 g/mol. The summed E-state index contributed by atoms with van der Waals surface area (Å²) in [5.74, 6) is 0.